The van der Waals surface area contributed by atoms with E-state index >= 15 is 0 Å². The van der Waals surface area contributed by atoms with Crippen molar-refractivity contribution >= 4 is 38.6 Å². The van der Waals surface area contributed by atoms with E-state index < -0.39 is 0 Å². The number of hydrogen-bond acceptors (Lipinski definition) is 1. The Kier molecular flexibility index (Phi) is 1.61. The third kappa shape index (κ3) is 1.02. The Morgan fingerprint density at radius 3 is 2.67 bits per heavy atom. The molecule has 0 saturated heterocycles. The van der Waals surface area contributed by atoms with Crippen LogP contribution in [-0.2, 0) is 0 Å². The fourth-order valence-electron chi connectivity index (χ4n) is 0.291. The fourth-order valence-corrected chi connectivity index (χ4v) is 2.11. The van der Waals surface area contributed by atoms with Crippen LogP contribution in [-0.4, -0.2) is 24.7 Å². The van der Waals surface area contributed by atoms with E-state index in [2.05, 4.69) is 17.5 Å². The molecule has 0 atom stereocenters. The van der Waals surface area contributed by atoms with Crippen LogP contribution in [0.4, 0.5) is 0 Å². The minimum absolute atomic E-state index is 1.04. The zero-order chi connectivity index (χ0) is 4.41. The van der Waals surface area contributed by atoms with Crippen LogP contribution < -0.4 is 2.59 Å². The van der Waals surface area contributed by atoms with E-state index in [-0.39, 0.29) is 0 Å². The zero-order valence-electron chi connectivity index (χ0n) is 3.22. The fraction of sp³-hybridized carbons (Fsp3) is 0. The molecule has 1 rings (SSSR count). The van der Waals surface area contributed by atoms with Gasteiger partial charge in [0.1, 0.15) is 0 Å². The third-order valence-electron chi connectivity index (χ3n) is 0.543. The van der Waals surface area contributed by atoms with Crippen molar-refractivity contribution in [1.29, 1.82) is 0 Å². The summed E-state index contributed by atoms with van der Waals surface area (Å²) in [5, 5.41) is 2.12. The van der Waals surface area contributed by atoms with E-state index in [0.717, 1.165) is 24.7 Å². The molecule has 32 valence electrons. The molecule has 0 aliphatic rings. The van der Waals surface area contributed by atoms with Crippen molar-refractivity contribution in [2.75, 3.05) is 0 Å². The summed E-state index contributed by atoms with van der Waals surface area (Å²) < 4.78 is 1.55. The monoisotopic (exact) mass is 294 g/mol. The Hall–Kier alpha value is 0.583. The molecule has 2 heteroatoms. The molecule has 0 fully saturated rings. The van der Waals surface area contributed by atoms with Gasteiger partial charge in [-0.15, -0.1) is 0 Å². The van der Waals surface area contributed by atoms with Gasteiger partial charge in [-0.25, -0.2) is 0 Å². The standard InChI is InChI=1S/C4H3S.Bi.2H/c1-2-4-5-3-1;;;/h1-3H;;;. The van der Waals surface area contributed by atoms with Crippen LogP contribution in [0.1, 0.15) is 0 Å². The molecule has 0 spiro atoms. The van der Waals surface area contributed by atoms with Gasteiger partial charge in [0.05, 0.1) is 0 Å². The van der Waals surface area contributed by atoms with E-state index in [1.807, 2.05) is 11.3 Å². The van der Waals surface area contributed by atoms with Gasteiger partial charge in [0.15, 0.2) is 0 Å². The van der Waals surface area contributed by atoms with Crippen molar-refractivity contribution in [3.05, 3.63) is 17.5 Å². The molecule has 0 saturated carbocycles. The van der Waals surface area contributed by atoms with Crippen molar-refractivity contribution in [2.45, 2.75) is 0 Å². The van der Waals surface area contributed by atoms with Crippen LogP contribution in [0.2, 0.25) is 0 Å². The average Bonchev–Trinajstić information content (AvgIpc) is 1.86. The van der Waals surface area contributed by atoms with E-state index in [1.165, 1.54) is 0 Å². The molecule has 0 bridgehead atoms. The predicted molar refractivity (Wildman–Crippen MR) is 32.5 cm³/mol. The summed E-state index contributed by atoms with van der Waals surface area (Å²) >= 11 is 2.89. The Morgan fingerprint density at radius 2 is 2.50 bits per heavy atom. The average molecular weight is 294 g/mol. The van der Waals surface area contributed by atoms with Gasteiger partial charge >= 0.3 is 56.2 Å². The SMILES string of the molecule is [BiH2][c]1cccs1. The quantitative estimate of drug-likeness (QED) is 0.591. The van der Waals surface area contributed by atoms with Gasteiger partial charge in [0.25, 0.3) is 0 Å². The van der Waals surface area contributed by atoms with Gasteiger partial charge < -0.3 is 0 Å². The van der Waals surface area contributed by atoms with E-state index in [4.69, 9.17) is 0 Å². The Bertz CT molecular complexity index is 111. The van der Waals surface area contributed by atoms with Gasteiger partial charge in [0.2, 0.25) is 0 Å². The van der Waals surface area contributed by atoms with Crippen LogP contribution >= 0.6 is 11.3 Å². The molecule has 1 heterocycles. The summed E-state index contributed by atoms with van der Waals surface area (Å²) in [5.41, 5.74) is 0. The Morgan fingerprint density at radius 1 is 1.67 bits per heavy atom. The van der Waals surface area contributed by atoms with E-state index in [1.54, 1.807) is 2.59 Å². The molecule has 0 nitrogen and oxygen atoms in total. The summed E-state index contributed by atoms with van der Waals surface area (Å²) in [6.45, 7) is 0. The van der Waals surface area contributed by atoms with Crippen molar-refractivity contribution in [3.8, 4) is 0 Å². The van der Waals surface area contributed by atoms with Crippen LogP contribution in [0.25, 0.3) is 0 Å². The summed E-state index contributed by atoms with van der Waals surface area (Å²) in [6, 6.07) is 4.27. The molecule has 1 aromatic heterocycles. The molecule has 6 heavy (non-hydrogen) atoms. The second-order valence-electron chi connectivity index (χ2n) is 1.02. The topological polar surface area (TPSA) is 0 Å². The maximum absolute atomic E-state index is 2.18. The Balaban J connectivity index is 3.05. The van der Waals surface area contributed by atoms with E-state index in [0.29, 0.717) is 0 Å². The normalized spacial score (nSPS) is 8.83. The first-order chi connectivity index (χ1) is 2.89. The predicted octanol–water partition coefficient (Wildman–Crippen LogP) is 0.00650. The summed E-state index contributed by atoms with van der Waals surface area (Å²) in [5.74, 6) is 0. The molecule has 0 aliphatic heterocycles. The molecule has 0 amide bonds. The van der Waals surface area contributed by atoms with Gasteiger partial charge in [-0.2, -0.15) is 0 Å². The summed E-state index contributed by atoms with van der Waals surface area (Å²) in [6.07, 6.45) is 0. The first-order valence-electron chi connectivity index (χ1n) is 1.68. The number of rotatable bonds is 0. The molecule has 0 radical (unpaired) electrons. The maximum atomic E-state index is 2.18. The number of hydrogen-bond donors (Lipinski definition) is 0. The second-order valence-corrected chi connectivity index (χ2v) is 6.04. The van der Waals surface area contributed by atoms with Crippen LogP contribution in [0.3, 0.4) is 0 Å². The molecular weight excluding hydrogens is 289 g/mol. The summed E-state index contributed by atoms with van der Waals surface area (Å²) in [7, 11) is 0. The van der Waals surface area contributed by atoms with Gasteiger partial charge in [0, 0.05) is 0 Å². The molecular formula is C4H5BiS. The molecule has 1 aromatic rings. The zero-order valence-corrected chi connectivity index (χ0v) is 8.52. The molecule has 0 N–H and O–H groups in total. The number of thiophene rings is 1. The molecule has 0 unspecified atom stereocenters. The third-order valence-corrected chi connectivity index (χ3v) is 3.58. The summed E-state index contributed by atoms with van der Waals surface area (Å²) in [4.78, 5) is 0. The van der Waals surface area contributed by atoms with Crippen LogP contribution in [0, 0.1) is 0 Å². The van der Waals surface area contributed by atoms with Gasteiger partial charge in [-0.1, -0.05) is 0 Å². The minimum atomic E-state index is 1.04. The first-order valence-corrected chi connectivity index (χ1v) is 4.81. The van der Waals surface area contributed by atoms with Gasteiger partial charge in [-0.3, -0.25) is 0 Å². The van der Waals surface area contributed by atoms with Crippen molar-refractivity contribution in [1.82, 2.24) is 0 Å². The first kappa shape index (κ1) is 4.74. The Labute approximate surface area is 56.0 Å². The molecule has 0 aromatic carbocycles. The van der Waals surface area contributed by atoms with Crippen molar-refractivity contribution in [3.63, 3.8) is 0 Å². The molecule has 0 aliphatic carbocycles. The van der Waals surface area contributed by atoms with Crippen LogP contribution in [0.15, 0.2) is 17.5 Å². The second kappa shape index (κ2) is 2.04. The van der Waals surface area contributed by atoms with E-state index in [9.17, 15) is 0 Å². The van der Waals surface area contributed by atoms with Gasteiger partial charge in [-0.05, 0) is 0 Å². The van der Waals surface area contributed by atoms with Crippen LogP contribution in [0.5, 0.6) is 0 Å². The van der Waals surface area contributed by atoms with Crippen molar-refractivity contribution in [2.24, 2.45) is 0 Å². The van der Waals surface area contributed by atoms with Crippen molar-refractivity contribution < 1.29 is 0 Å².